The summed E-state index contributed by atoms with van der Waals surface area (Å²) in [7, 11) is 0. The van der Waals surface area contributed by atoms with Crippen molar-refractivity contribution in [3.63, 3.8) is 0 Å². The minimum atomic E-state index is -0.317. The maximum absolute atomic E-state index is 12.7. The Morgan fingerprint density at radius 1 is 1.00 bits per heavy atom. The summed E-state index contributed by atoms with van der Waals surface area (Å²) in [4.78, 5) is 24.5. The van der Waals surface area contributed by atoms with Crippen LogP contribution in [0.4, 0.5) is 0 Å². The lowest BCUT2D eigenvalue weighted by Crippen LogP contribution is -2.25. The standard InChI is InChI=1S/C27H30O4/c1-6-30-25(28)21-12-9-19(10-13-21)7-8-20-11-14-24-23(17-20)22(15-16-27(24,4)5)26(29)31-18(2)3/h7-15,17-18H,6,16H2,1-5H3/b8-7+. The smallest absolute Gasteiger partial charge is 0.338 e. The van der Waals surface area contributed by atoms with Crippen molar-refractivity contribution in [3.8, 4) is 0 Å². The molecule has 4 heteroatoms. The molecule has 31 heavy (non-hydrogen) atoms. The number of ether oxygens (including phenoxy) is 2. The molecule has 162 valence electrons. The molecule has 3 rings (SSSR count). The first-order valence-corrected chi connectivity index (χ1v) is 10.7. The number of hydrogen-bond donors (Lipinski definition) is 0. The van der Waals surface area contributed by atoms with Gasteiger partial charge in [0.05, 0.1) is 23.8 Å². The number of fused-ring (bicyclic) bond motifs is 1. The zero-order valence-corrected chi connectivity index (χ0v) is 18.9. The molecule has 0 fully saturated rings. The molecule has 0 N–H and O–H groups in total. The van der Waals surface area contributed by atoms with Crippen molar-refractivity contribution in [1.82, 2.24) is 0 Å². The second kappa shape index (κ2) is 9.34. The van der Waals surface area contributed by atoms with Crippen LogP contribution in [0, 0.1) is 0 Å². The van der Waals surface area contributed by atoms with Gasteiger partial charge in [0.2, 0.25) is 0 Å². The summed E-state index contributed by atoms with van der Waals surface area (Å²) in [6, 6.07) is 13.5. The van der Waals surface area contributed by atoms with Crippen LogP contribution in [0.2, 0.25) is 0 Å². The summed E-state index contributed by atoms with van der Waals surface area (Å²) in [5.41, 5.74) is 5.19. The maximum atomic E-state index is 12.7. The molecule has 2 aromatic carbocycles. The van der Waals surface area contributed by atoms with Gasteiger partial charge in [0.1, 0.15) is 0 Å². The van der Waals surface area contributed by atoms with E-state index < -0.39 is 0 Å². The first kappa shape index (κ1) is 22.5. The number of benzene rings is 2. The summed E-state index contributed by atoms with van der Waals surface area (Å²) >= 11 is 0. The highest BCUT2D eigenvalue weighted by molar-refractivity contribution is 6.17. The molecule has 0 aliphatic heterocycles. The Balaban J connectivity index is 1.87. The van der Waals surface area contributed by atoms with Crippen molar-refractivity contribution >= 4 is 29.7 Å². The van der Waals surface area contributed by atoms with E-state index in [2.05, 4.69) is 26.0 Å². The summed E-state index contributed by atoms with van der Waals surface area (Å²) in [6.45, 7) is 10.2. The summed E-state index contributed by atoms with van der Waals surface area (Å²) in [5, 5.41) is 0. The van der Waals surface area contributed by atoms with Gasteiger partial charge in [0.15, 0.2) is 0 Å². The van der Waals surface area contributed by atoms with Gasteiger partial charge in [0, 0.05) is 0 Å². The third-order valence-corrected chi connectivity index (χ3v) is 5.33. The van der Waals surface area contributed by atoms with Crippen LogP contribution >= 0.6 is 0 Å². The zero-order chi connectivity index (χ0) is 22.6. The second-order valence-corrected chi connectivity index (χ2v) is 8.64. The molecule has 0 amide bonds. The fourth-order valence-corrected chi connectivity index (χ4v) is 3.66. The van der Waals surface area contributed by atoms with Gasteiger partial charge in [-0.25, -0.2) is 9.59 Å². The van der Waals surface area contributed by atoms with Crippen LogP contribution in [-0.2, 0) is 19.7 Å². The maximum Gasteiger partial charge on any atom is 0.338 e. The van der Waals surface area contributed by atoms with E-state index in [1.807, 2.05) is 50.3 Å². The van der Waals surface area contributed by atoms with E-state index in [-0.39, 0.29) is 23.5 Å². The Labute approximate surface area is 184 Å². The number of esters is 2. The van der Waals surface area contributed by atoms with Crippen LogP contribution in [-0.4, -0.2) is 24.6 Å². The van der Waals surface area contributed by atoms with Crippen LogP contribution in [0.25, 0.3) is 17.7 Å². The van der Waals surface area contributed by atoms with Gasteiger partial charge in [-0.1, -0.05) is 56.3 Å². The fraction of sp³-hybridized carbons (Fsp3) is 0.333. The molecule has 0 saturated heterocycles. The number of rotatable bonds is 6. The van der Waals surface area contributed by atoms with Crippen LogP contribution in [0.5, 0.6) is 0 Å². The van der Waals surface area contributed by atoms with Crippen LogP contribution in [0.1, 0.15) is 73.7 Å². The second-order valence-electron chi connectivity index (χ2n) is 8.64. The van der Waals surface area contributed by atoms with Crippen molar-refractivity contribution in [3.05, 3.63) is 76.4 Å². The van der Waals surface area contributed by atoms with Gasteiger partial charge in [-0.2, -0.15) is 0 Å². The van der Waals surface area contributed by atoms with E-state index in [0.29, 0.717) is 17.7 Å². The topological polar surface area (TPSA) is 52.6 Å². The number of hydrogen-bond acceptors (Lipinski definition) is 4. The van der Waals surface area contributed by atoms with Crippen molar-refractivity contribution in [2.24, 2.45) is 0 Å². The first-order valence-electron chi connectivity index (χ1n) is 10.7. The molecular weight excluding hydrogens is 388 g/mol. The summed E-state index contributed by atoms with van der Waals surface area (Å²) < 4.78 is 10.5. The molecule has 0 heterocycles. The van der Waals surface area contributed by atoms with Gasteiger partial charge in [-0.15, -0.1) is 0 Å². The Kier molecular flexibility index (Phi) is 6.79. The fourth-order valence-electron chi connectivity index (χ4n) is 3.66. The van der Waals surface area contributed by atoms with Gasteiger partial charge in [0.25, 0.3) is 0 Å². The third kappa shape index (κ3) is 5.32. The van der Waals surface area contributed by atoms with Gasteiger partial charge >= 0.3 is 11.9 Å². The average molecular weight is 419 g/mol. The van der Waals surface area contributed by atoms with E-state index >= 15 is 0 Å². The Morgan fingerprint density at radius 2 is 1.65 bits per heavy atom. The van der Waals surface area contributed by atoms with E-state index in [4.69, 9.17) is 9.47 Å². The SMILES string of the molecule is CCOC(=O)c1ccc(/C=C/c2ccc3c(c2)C(C(=O)OC(C)C)=CCC3(C)C)cc1. The lowest BCUT2D eigenvalue weighted by atomic mass is 9.73. The monoisotopic (exact) mass is 418 g/mol. The summed E-state index contributed by atoms with van der Waals surface area (Å²) in [6.07, 6.45) is 6.62. The average Bonchev–Trinajstić information content (AvgIpc) is 2.72. The Morgan fingerprint density at radius 3 is 2.29 bits per heavy atom. The van der Waals surface area contributed by atoms with Gasteiger partial charge in [-0.05, 0) is 73.1 Å². The number of carbonyl (C=O) groups is 2. The molecule has 0 atom stereocenters. The van der Waals surface area contributed by atoms with Crippen molar-refractivity contribution in [2.75, 3.05) is 6.61 Å². The molecule has 1 aliphatic rings. The summed E-state index contributed by atoms with van der Waals surface area (Å²) in [5.74, 6) is -0.592. The van der Waals surface area contributed by atoms with E-state index in [1.54, 1.807) is 19.1 Å². The predicted molar refractivity (Wildman–Crippen MR) is 125 cm³/mol. The van der Waals surface area contributed by atoms with Gasteiger partial charge < -0.3 is 9.47 Å². The highest BCUT2D eigenvalue weighted by Crippen LogP contribution is 2.40. The molecule has 0 saturated carbocycles. The van der Waals surface area contributed by atoms with Crippen LogP contribution in [0.3, 0.4) is 0 Å². The number of carbonyl (C=O) groups excluding carboxylic acids is 2. The molecule has 2 aromatic rings. The molecule has 1 aliphatic carbocycles. The molecule has 4 nitrogen and oxygen atoms in total. The number of allylic oxidation sites excluding steroid dienone is 1. The Bertz CT molecular complexity index is 1020. The van der Waals surface area contributed by atoms with Crippen LogP contribution in [0.15, 0.2) is 48.5 Å². The Hall–Kier alpha value is -3.14. The van der Waals surface area contributed by atoms with E-state index in [9.17, 15) is 9.59 Å². The van der Waals surface area contributed by atoms with E-state index in [0.717, 1.165) is 28.7 Å². The predicted octanol–water partition coefficient (Wildman–Crippen LogP) is 6.05. The molecule has 0 aromatic heterocycles. The van der Waals surface area contributed by atoms with Gasteiger partial charge in [-0.3, -0.25) is 0 Å². The van der Waals surface area contributed by atoms with Crippen molar-refractivity contribution in [2.45, 2.75) is 52.6 Å². The van der Waals surface area contributed by atoms with E-state index in [1.165, 1.54) is 0 Å². The lowest BCUT2D eigenvalue weighted by molar-refractivity contribution is -0.140. The molecule has 0 spiro atoms. The highest BCUT2D eigenvalue weighted by atomic mass is 16.5. The van der Waals surface area contributed by atoms with Crippen LogP contribution < -0.4 is 0 Å². The lowest BCUT2D eigenvalue weighted by Gasteiger charge is -2.31. The largest absolute Gasteiger partial charge is 0.462 e. The minimum absolute atomic E-state index is 0.0396. The van der Waals surface area contributed by atoms with Crippen molar-refractivity contribution in [1.29, 1.82) is 0 Å². The first-order chi connectivity index (χ1) is 14.7. The molecule has 0 bridgehead atoms. The quantitative estimate of drug-likeness (QED) is 0.423. The normalized spacial score (nSPS) is 14.8. The zero-order valence-electron chi connectivity index (χ0n) is 18.9. The molecular formula is C27H30O4. The highest BCUT2D eigenvalue weighted by Gasteiger charge is 2.31. The van der Waals surface area contributed by atoms with Crippen molar-refractivity contribution < 1.29 is 19.1 Å². The third-order valence-electron chi connectivity index (χ3n) is 5.33. The molecule has 0 unspecified atom stereocenters. The molecule has 0 radical (unpaired) electrons. The minimum Gasteiger partial charge on any atom is -0.462 e.